The van der Waals surface area contributed by atoms with Gasteiger partial charge >= 0.3 is 6.18 Å². The second-order valence-corrected chi connectivity index (χ2v) is 7.08. The number of ether oxygens (including phenoxy) is 1. The molecule has 0 radical (unpaired) electrons. The summed E-state index contributed by atoms with van der Waals surface area (Å²) in [7, 11) is 0. The largest absolute Gasteiger partial charge is 0.457 e. The number of carbonyl (C=O) groups is 1. The summed E-state index contributed by atoms with van der Waals surface area (Å²) in [6.45, 7) is 0. The fourth-order valence-electron chi connectivity index (χ4n) is 3.23. The van der Waals surface area contributed by atoms with E-state index >= 15 is 0 Å². The Labute approximate surface area is 181 Å². The van der Waals surface area contributed by atoms with Crippen LogP contribution in [0.3, 0.4) is 0 Å². The molecule has 32 heavy (non-hydrogen) atoms. The Morgan fingerprint density at radius 1 is 0.938 bits per heavy atom. The van der Waals surface area contributed by atoms with Crippen molar-refractivity contribution in [1.29, 1.82) is 0 Å². The first-order chi connectivity index (χ1) is 15.3. The maximum absolute atomic E-state index is 13.1. The number of halogens is 3. The molecule has 0 saturated carbocycles. The van der Waals surface area contributed by atoms with E-state index in [4.69, 9.17) is 10.5 Å². The number of aromatic nitrogens is 2. The van der Waals surface area contributed by atoms with E-state index in [1.165, 1.54) is 23.0 Å². The molecule has 0 aliphatic rings. The zero-order valence-corrected chi connectivity index (χ0v) is 16.7. The maximum atomic E-state index is 13.1. The molecule has 0 unspecified atom stereocenters. The van der Waals surface area contributed by atoms with Crippen LogP contribution in [0, 0.1) is 0 Å². The molecule has 0 aliphatic carbocycles. The summed E-state index contributed by atoms with van der Waals surface area (Å²) in [5.74, 6) is 0.719. The molecule has 1 aromatic heterocycles. The van der Waals surface area contributed by atoms with Gasteiger partial charge in [0.1, 0.15) is 11.5 Å². The lowest BCUT2D eigenvalue weighted by molar-refractivity contribution is -0.137. The fraction of sp³-hybridized carbons (Fsp3) is 0.0833. The molecule has 5 nitrogen and oxygen atoms in total. The smallest absolute Gasteiger partial charge is 0.416 e. The van der Waals surface area contributed by atoms with Crippen molar-refractivity contribution in [3.8, 4) is 28.4 Å². The van der Waals surface area contributed by atoms with Crippen molar-refractivity contribution in [2.24, 2.45) is 5.73 Å². The van der Waals surface area contributed by atoms with Crippen LogP contribution in [0.15, 0.2) is 85.1 Å². The number of amides is 1. The standard InChI is InChI=1S/C24H18F3N3O2/c25-24(26,27)18-5-4-6-19(14-18)30-15-17(13-22(28)31)23(29-30)16-9-11-21(12-10-16)32-20-7-2-1-3-8-20/h1-12,14-15H,13H2,(H2,28,31). The minimum atomic E-state index is -4.48. The van der Waals surface area contributed by atoms with Crippen LogP contribution in [0.1, 0.15) is 11.1 Å². The first kappa shape index (κ1) is 21.2. The lowest BCUT2D eigenvalue weighted by Crippen LogP contribution is -2.13. The van der Waals surface area contributed by atoms with Gasteiger partial charge in [0.05, 0.1) is 23.4 Å². The molecular formula is C24H18F3N3O2. The molecule has 8 heteroatoms. The van der Waals surface area contributed by atoms with E-state index < -0.39 is 17.6 Å². The number of carbonyl (C=O) groups excluding carboxylic acids is 1. The van der Waals surface area contributed by atoms with Crippen LogP contribution in [-0.2, 0) is 17.4 Å². The minimum Gasteiger partial charge on any atom is -0.457 e. The lowest BCUT2D eigenvalue weighted by atomic mass is 10.1. The highest BCUT2D eigenvalue weighted by Crippen LogP contribution is 2.32. The Kier molecular flexibility index (Phi) is 5.68. The normalized spacial score (nSPS) is 11.3. The van der Waals surface area contributed by atoms with E-state index in [2.05, 4.69) is 5.10 Å². The number of benzene rings is 3. The van der Waals surface area contributed by atoms with E-state index in [1.54, 1.807) is 24.3 Å². The van der Waals surface area contributed by atoms with Gasteiger partial charge in [-0.15, -0.1) is 0 Å². The summed E-state index contributed by atoms with van der Waals surface area (Å²) in [6.07, 6.45) is -3.06. The molecule has 0 bridgehead atoms. The van der Waals surface area contributed by atoms with Crippen molar-refractivity contribution >= 4 is 5.91 Å². The zero-order valence-electron chi connectivity index (χ0n) is 16.7. The monoisotopic (exact) mass is 437 g/mol. The second kappa shape index (κ2) is 8.58. The molecule has 1 heterocycles. The Morgan fingerprint density at radius 2 is 1.62 bits per heavy atom. The summed E-state index contributed by atoms with van der Waals surface area (Å²) >= 11 is 0. The van der Waals surface area contributed by atoms with Gasteiger partial charge in [-0.05, 0) is 54.6 Å². The molecule has 4 rings (SSSR count). The van der Waals surface area contributed by atoms with Gasteiger partial charge in [-0.25, -0.2) is 4.68 Å². The minimum absolute atomic E-state index is 0.101. The van der Waals surface area contributed by atoms with Crippen LogP contribution < -0.4 is 10.5 Å². The summed E-state index contributed by atoms with van der Waals surface area (Å²) < 4.78 is 46.4. The third-order valence-corrected chi connectivity index (χ3v) is 4.70. The Bertz CT molecular complexity index is 1230. The molecule has 0 spiro atoms. The number of alkyl halides is 3. The summed E-state index contributed by atoms with van der Waals surface area (Å²) in [4.78, 5) is 11.6. The van der Waals surface area contributed by atoms with Crippen molar-refractivity contribution in [2.45, 2.75) is 12.6 Å². The number of nitrogens with zero attached hydrogens (tertiary/aromatic N) is 2. The van der Waals surface area contributed by atoms with Crippen LogP contribution in [0.5, 0.6) is 11.5 Å². The molecule has 0 aliphatic heterocycles. The Hall–Kier alpha value is -4.07. The van der Waals surface area contributed by atoms with Crippen molar-refractivity contribution in [3.63, 3.8) is 0 Å². The van der Waals surface area contributed by atoms with Gasteiger partial charge in [0, 0.05) is 17.3 Å². The van der Waals surface area contributed by atoms with E-state index in [0.717, 1.165) is 12.1 Å². The van der Waals surface area contributed by atoms with Gasteiger partial charge in [0.15, 0.2) is 0 Å². The van der Waals surface area contributed by atoms with Gasteiger partial charge in [0.25, 0.3) is 0 Å². The number of nitrogens with two attached hydrogens (primary N) is 1. The number of hydrogen-bond acceptors (Lipinski definition) is 3. The van der Waals surface area contributed by atoms with Gasteiger partial charge in [-0.3, -0.25) is 4.79 Å². The summed E-state index contributed by atoms with van der Waals surface area (Å²) in [5, 5.41) is 4.44. The SMILES string of the molecule is NC(=O)Cc1cn(-c2cccc(C(F)(F)F)c2)nc1-c1ccc(Oc2ccccc2)cc1. The fourth-order valence-corrected chi connectivity index (χ4v) is 3.23. The van der Waals surface area contributed by atoms with Crippen molar-refractivity contribution < 1.29 is 22.7 Å². The molecule has 0 atom stereocenters. The third kappa shape index (κ3) is 4.80. The molecule has 0 saturated heterocycles. The third-order valence-electron chi connectivity index (χ3n) is 4.70. The molecular weight excluding hydrogens is 419 g/mol. The molecule has 4 aromatic rings. The highest BCUT2D eigenvalue weighted by Gasteiger charge is 2.30. The van der Waals surface area contributed by atoms with Crippen LogP contribution in [-0.4, -0.2) is 15.7 Å². The van der Waals surface area contributed by atoms with Crippen molar-refractivity contribution in [3.05, 3.63) is 96.2 Å². The summed E-state index contributed by atoms with van der Waals surface area (Å²) in [5.41, 5.74) is 6.43. The predicted molar refractivity (Wildman–Crippen MR) is 113 cm³/mol. The lowest BCUT2D eigenvalue weighted by Gasteiger charge is -2.08. The molecule has 0 fully saturated rings. The predicted octanol–water partition coefficient (Wildman–Crippen LogP) is 5.38. The first-order valence-electron chi connectivity index (χ1n) is 9.67. The molecule has 162 valence electrons. The Balaban J connectivity index is 1.68. The average molecular weight is 437 g/mol. The maximum Gasteiger partial charge on any atom is 0.416 e. The van der Waals surface area contributed by atoms with E-state index in [-0.39, 0.29) is 12.1 Å². The second-order valence-electron chi connectivity index (χ2n) is 7.08. The average Bonchev–Trinajstić information content (AvgIpc) is 3.18. The van der Waals surface area contributed by atoms with Gasteiger partial charge in [-0.2, -0.15) is 18.3 Å². The van der Waals surface area contributed by atoms with Crippen LogP contribution in [0.4, 0.5) is 13.2 Å². The van der Waals surface area contributed by atoms with E-state index in [0.29, 0.717) is 28.3 Å². The highest BCUT2D eigenvalue weighted by atomic mass is 19.4. The van der Waals surface area contributed by atoms with E-state index in [1.807, 2.05) is 30.3 Å². The van der Waals surface area contributed by atoms with Crippen molar-refractivity contribution in [2.75, 3.05) is 0 Å². The zero-order chi connectivity index (χ0) is 22.7. The van der Waals surface area contributed by atoms with Gasteiger partial charge in [0.2, 0.25) is 5.91 Å². The molecule has 1 amide bonds. The van der Waals surface area contributed by atoms with Crippen LogP contribution in [0.2, 0.25) is 0 Å². The van der Waals surface area contributed by atoms with Gasteiger partial charge in [-0.1, -0.05) is 24.3 Å². The van der Waals surface area contributed by atoms with Crippen LogP contribution in [0.25, 0.3) is 16.9 Å². The number of rotatable bonds is 6. The number of primary amides is 1. The van der Waals surface area contributed by atoms with Crippen LogP contribution >= 0.6 is 0 Å². The number of para-hydroxylation sites is 1. The quantitative estimate of drug-likeness (QED) is 0.440. The molecule has 2 N–H and O–H groups in total. The summed E-state index contributed by atoms with van der Waals surface area (Å²) in [6, 6.07) is 21.1. The topological polar surface area (TPSA) is 70.1 Å². The number of hydrogen-bond donors (Lipinski definition) is 1. The molecule has 3 aromatic carbocycles. The highest BCUT2D eigenvalue weighted by molar-refractivity contribution is 5.79. The Morgan fingerprint density at radius 3 is 2.28 bits per heavy atom. The van der Waals surface area contributed by atoms with E-state index in [9.17, 15) is 18.0 Å². The first-order valence-corrected chi connectivity index (χ1v) is 9.67. The van der Waals surface area contributed by atoms with Crippen molar-refractivity contribution in [1.82, 2.24) is 9.78 Å². The van der Waals surface area contributed by atoms with Gasteiger partial charge < -0.3 is 10.5 Å².